The molecule has 1 atom stereocenters. The predicted octanol–water partition coefficient (Wildman–Crippen LogP) is 3.19. The first-order chi connectivity index (χ1) is 14.6. The van der Waals surface area contributed by atoms with Gasteiger partial charge in [0.25, 0.3) is 11.8 Å². The molecule has 0 radical (unpaired) electrons. The van der Waals surface area contributed by atoms with Crippen molar-refractivity contribution in [2.24, 2.45) is 0 Å². The molecule has 3 aromatic rings. The molecule has 154 valence electrons. The lowest BCUT2D eigenvalue weighted by Gasteiger charge is -2.32. The van der Waals surface area contributed by atoms with Crippen molar-refractivity contribution in [3.63, 3.8) is 0 Å². The molecule has 1 aliphatic rings. The number of piperidine rings is 1. The van der Waals surface area contributed by atoms with Crippen LogP contribution in [0.1, 0.15) is 55.7 Å². The highest BCUT2D eigenvalue weighted by molar-refractivity contribution is 7.07. The number of benzene rings is 1. The topological polar surface area (TPSA) is 88.1 Å². The van der Waals surface area contributed by atoms with Crippen LogP contribution in [0.2, 0.25) is 0 Å². The van der Waals surface area contributed by atoms with E-state index in [-0.39, 0.29) is 17.7 Å². The van der Waals surface area contributed by atoms with E-state index in [0.29, 0.717) is 35.8 Å². The van der Waals surface area contributed by atoms with Gasteiger partial charge in [0.1, 0.15) is 4.88 Å². The van der Waals surface area contributed by atoms with Gasteiger partial charge < -0.3 is 10.2 Å². The van der Waals surface area contributed by atoms with Crippen LogP contribution in [0.5, 0.6) is 0 Å². The molecule has 2 amide bonds. The fourth-order valence-electron chi connectivity index (χ4n) is 3.76. The highest BCUT2D eigenvalue weighted by Crippen LogP contribution is 2.29. The van der Waals surface area contributed by atoms with Crippen LogP contribution in [0.3, 0.4) is 0 Å². The summed E-state index contributed by atoms with van der Waals surface area (Å²) in [5, 5.41) is 6.93. The minimum Gasteiger partial charge on any atom is -0.348 e. The molecule has 1 unspecified atom stereocenters. The van der Waals surface area contributed by atoms with Gasteiger partial charge in [-0.2, -0.15) is 0 Å². The van der Waals surface area contributed by atoms with Gasteiger partial charge in [0, 0.05) is 31.7 Å². The van der Waals surface area contributed by atoms with Gasteiger partial charge in [-0.1, -0.05) is 34.8 Å². The third kappa shape index (κ3) is 4.38. The van der Waals surface area contributed by atoms with E-state index >= 15 is 0 Å². The maximum Gasteiger partial charge on any atom is 0.267 e. The molecule has 1 aliphatic heterocycles. The van der Waals surface area contributed by atoms with Gasteiger partial charge in [0.05, 0.1) is 17.0 Å². The lowest BCUT2D eigenvalue weighted by Crippen LogP contribution is -2.40. The zero-order valence-corrected chi connectivity index (χ0v) is 17.6. The van der Waals surface area contributed by atoms with Crippen molar-refractivity contribution in [2.75, 3.05) is 13.1 Å². The minimum absolute atomic E-state index is 0.0163. The zero-order valence-electron chi connectivity index (χ0n) is 16.7. The molecule has 4 rings (SSSR count). The molecular formula is C22H23N5O2S. The molecule has 30 heavy (non-hydrogen) atoms. The number of hydrogen-bond donors (Lipinski definition) is 1. The standard InChI is InChI=1S/C22H23N5O2S/c1-15-20(30-26-25-15)22(29)27-12-6-9-17(14-27)19-18(10-5-11-23-19)21(28)24-13-16-7-3-2-4-8-16/h2-5,7-8,10-11,17H,6,9,12-14H2,1H3,(H,24,28). The largest absolute Gasteiger partial charge is 0.348 e. The fraction of sp³-hybridized carbons (Fsp3) is 0.318. The Bertz CT molecular complexity index is 1040. The summed E-state index contributed by atoms with van der Waals surface area (Å²) >= 11 is 1.13. The SMILES string of the molecule is Cc1nnsc1C(=O)N1CCCC(c2ncccc2C(=O)NCc2ccccc2)C1. The minimum atomic E-state index is -0.145. The number of likely N-dealkylation sites (tertiary alicyclic amines) is 1. The van der Waals surface area contributed by atoms with Crippen molar-refractivity contribution in [2.45, 2.75) is 32.2 Å². The highest BCUT2D eigenvalue weighted by Gasteiger charge is 2.30. The molecule has 1 N–H and O–H groups in total. The van der Waals surface area contributed by atoms with E-state index in [2.05, 4.69) is 19.9 Å². The van der Waals surface area contributed by atoms with E-state index in [9.17, 15) is 9.59 Å². The summed E-state index contributed by atoms with van der Waals surface area (Å²) in [6.45, 7) is 3.48. The molecule has 0 saturated carbocycles. The third-order valence-corrected chi connectivity index (χ3v) is 6.14. The van der Waals surface area contributed by atoms with Crippen LogP contribution in [-0.2, 0) is 6.54 Å². The van der Waals surface area contributed by atoms with Gasteiger partial charge in [-0.15, -0.1) is 5.10 Å². The summed E-state index contributed by atoms with van der Waals surface area (Å²) in [6.07, 6.45) is 3.46. The van der Waals surface area contributed by atoms with Crippen molar-refractivity contribution in [3.8, 4) is 0 Å². The normalized spacial score (nSPS) is 16.3. The van der Waals surface area contributed by atoms with Crippen molar-refractivity contribution in [1.29, 1.82) is 0 Å². The summed E-state index contributed by atoms with van der Waals surface area (Å²) < 4.78 is 3.88. The number of aryl methyl sites for hydroxylation is 1. The van der Waals surface area contributed by atoms with Crippen LogP contribution in [0, 0.1) is 6.92 Å². The summed E-state index contributed by atoms with van der Waals surface area (Å²) in [4.78, 5) is 32.7. The Morgan fingerprint density at radius 2 is 2.03 bits per heavy atom. The first-order valence-electron chi connectivity index (χ1n) is 9.98. The third-order valence-electron chi connectivity index (χ3n) is 5.32. The van der Waals surface area contributed by atoms with E-state index < -0.39 is 0 Å². The van der Waals surface area contributed by atoms with Gasteiger partial charge in [-0.3, -0.25) is 14.6 Å². The summed E-state index contributed by atoms with van der Waals surface area (Å²) in [5.74, 6) is -0.173. The van der Waals surface area contributed by atoms with Crippen molar-refractivity contribution in [1.82, 2.24) is 24.8 Å². The molecule has 0 bridgehead atoms. The number of pyridine rings is 1. The molecule has 3 heterocycles. The van der Waals surface area contributed by atoms with Gasteiger partial charge in [-0.25, -0.2) is 0 Å². The van der Waals surface area contributed by atoms with Crippen LogP contribution < -0.4 is 5.32 Å². The Balaban J connectivity index is 1.49. The lowest BCUT2D eigenvalue weighted by molar-refractivity contribution is 0.0709. The van der Waals surface area contributed by atoms with E-state index in [1.165, 1.54) is 0 Å². The number of rotatable bonds is 5. The molecule has 0 aliphatic carbocycles. The molecule has 7 nitrogen and oxygen atoms in total. The van der Waals surface area contributed by atoms with E-state index in [1.807, 2.05) is 35.2 Å². The maximum absolute atomic E-state index is 12.9. The van der Waals surface area contributed by atoms with E-state index in [0.717, 1.165) is 35.6 Å². The Morgan fingerprint density at radius 3 is 2.80 bits per heavy atom. The quantitative estimate of drug-likeness (QED) is 0.684. The van der Waals surface area contributed by atoms with Crippen LogP contribution in [0.15, 0.2) is 48.7 Å². The highest BCUT2D eigenvalue weighted by atomic mass is 32.1. The van der Waals surface area contributed by atoms with Crippen LogP contribution in [-0.4, -0.2) is 44.4 Å². The van der Waals surface area contributed by atoms with E-state index in [1.54, 1.807) is 25.3 Å². The molecule has 8 heteroatoms. The number of carbonyl (C=O) groups is 2. The van der Waals surface area contributed by atoms with Crippen LogP contribution >= 0.6 is 11.5 Å². The number of hydrogen-bond acceptors (Lipinski definition) is 6. The molecular weight excluding hydrogens is 398 g/mol. The van der Waals surface area contributed by atoms with Gasteiger partial charge in [-0.05, 0) is 49.0 Å². The smallest absolute Gasteiger partial charge is 0.267 e. The maximum atomic E-state index is 12.9. The number of amides is 2. The lowest BCUT2D eigenvalue weighted by atomic mass is 9.91. The second-order valence-electron chi connectivity index (χ2n) is 7.38. The Labute approximate surface area is 179 Å². The van der Waals surface area contributed by atoms with Gasteiger partial charge in [0.2, 0.25) is 0 Å². The zero-order chi connectivity index (χ0) is 20.9. The Kier molecular flexibility index (Phi) is 6.13. The number of carbonyl (C=O) groups excluding carboxylic acids is 2. The Hall–Kier alpha value is -3.13. The molecule has 0 spiro atoms. The fourth-order valence-corrected chi connectivity index (χ4v) is 4.39. The first-order valence-corrected chi connectivity index (χ1v) is 10.8. The van der Waals surface area contributed by atoms with Crippen LogP contribution in [0.25, 0.3) is 0 Å². The summed E-state index contributed by atoms with van der Waals surface area (Å²) in [7, 11) is 0. The molecule has 2 aromatic heterocycles. The number of nitrogens with one attached hydrogen (secondary N) is 1. The predicted molar refractivity (Wildman–Crippen MR) is 114 cm³/mol. The summed E-state index contributed by atoms with van der Waals surface area (Å²) in [5.41, 5.74) is 3.02. The number of aromatic nitrogens is 3. The molecule has 1 saturated heterocycles. The Morgan fingerprint density at radius 1 is 1.20 bits per heavy atom. The summed E-state index contributed by atoms with van der Waals surface area (Å²) in [6, 6.07) is 13.4. The van der Waals surface area contributed by atoms with E-state index in [4.69, 9.17) is 0 Å². The average Bonchev–Trinajstić information content (AvgIpc) is 3.23. The van der Waals surface area contributed by atoms with Crippen LogP contribution in [0.4, 0.5) is 0 Å². The van der Waals surface area contributed by atoms with Gasteiger partial charge in [0.15, 0.2) is 0 Å². The van der Waals surface area contributed by atoms with Crippen molar-refractivity contribution < 1.29 is 9.59 Å². The van der Waals surface area contributed by atoms with Crippen molar-refractivity contribution in [3.05, 3.63) is 76.1 Å². The van der Waals surface area contributed by atoms with Gasteiger partial charge >= 0.3 is 0 Å². The van der Waals surface area contributed by atoms with Crippen molar-refractivity contribution >= 4 is 23.3 Å². The number of nitrogens with zero attached hydrogens (tertiary/aromatic N) is 4. The molecule has 1 fully saturated rings. The first kappa shape index (κ1) is 20.2. The average molecular weight is 422 g/mol. The monoisotopic (exact) mass is 421 g/mol. The second kappa shape index (κ2) is 9.13. The molecule has 1 aromatic carbocycles. The second-order valence-corrected chi connectivity index (χ2v) is 8.14.